The summed E-state index contributed by atoms with van der Waals surface area (Å²) in [6.45, 7) is 1.58. The van der Waals surface area contributed by atoms with Crippen LogP contribution in [-0.2, 0) is 16.1 Å². The van der Waals surface area contributed by atoms with Gasteiger partial charge in [-0.05, 0) is 25.1 Å². The number of hydrogen-bond acceptors (Lipinski definition) is 8. The fourth-order valence-electron chi connectivity index (χ4n) is 3.10. The number of amides is 1. The molecule has 0 spiro atoms. The number of benzene rings is 2. The molecule has 162 valence electrons. The van der Waals surface area contributed by atoms with Crippen molar-refractivity contribution in [3.8, 4) is 0 Å². The fraction of sp³-hybridized carbons (Fsp3) is 0.143. The van der Waals surface area contributed by atoms with E-state index in [2.05, 4.69) is 4.99 Å². The molecule has 10 nitrogen and oxygen atoms in total. The lowest BCUT2D eigenvalue weighted by Gasteiger charge is -2.05. The number of carbonyl (C=O) groups is 2. The van der Waals surface area contributed by atoms with Crippen LogP contribution in [0.25, 0.3) is 21.2 Å². The molecule has 0 aliphatic rings. The highest BCUT2D eigenvalue weighted by molar-refractivity contribution is 7.16. The lowest BCUT2D eigenvalue weighted by Crippen LogP contribution is -2.23. The summed E-state index contributed by atoms with van der Waals surface area (Å²) >= 11 is 0.990. The third-order valence-electron chi connectivity index (χ3n) is 4.51. The Morgan fingerprint density at radius 2 is 2.00 bits per heavy atom. The topological polar surface area (TPSA) is 134 Å². The largest absolute Gasteiger partial charge is 0.465 e. The molecule has 0 bridgehead atoms. The molecule has 0 N–H and O–H groups in total. The standard InChI is InChI=1S/C21H15N3O7S/c1-2-30-19(26)11-23-14-8-7-12(24(28)29)9-18(14)32-21(23)22-20(27)17-10-15(25)13-5-3-4-6-16(13)31-17/h3-10H,2,11H2,1H3. The molecule has 0 unspecified atom stereocenters. The molecule has 11 heteroatoms. The van der Waals surface area contributed by atoms with Crippen LogP contribution in [-0.4, -0.2) is 28.0 Å². The maximum absolute atomic E-state index is 12.8. The fourth-order valence-corrected chi connectivity index (χ4v) is 4.16. The summed E-state index contributed by atoms with van der Waals surface area (Å²) in [5.74, 6) is -1.65. The van der Waals surface area contributed by atoms with E-state index in [0.717, 1.165) is 17.4 Å². The number of non-ortho nitro benzene ring substituents is 1. The van der Waals surface area contributed by atoms with Crippen LogP contribution in [0.5, 0.6) is 0 Å². The highest BCUT2D eigenvalue weighted by Crippen LogP contribution is 2.23. The Hall–Kier alpha value is -4.12. The summed E-state index contributed by atoms with van der Waals surface area (Å²) in [6.07, 6.45) is 0. The van der Waals surface area contributed by atoms with Gasteiger partial charge in [-0.15, -0.1) is 0 Å². The number of esters is 1. The number of carbonyl (C=O) groups excluding carboxylic acids is 2. The Morgan fingerprint density at radius 3 is 2.75 bits per heavy atom. The summed E-state index contributed by atoms with van der Waals surface area (Å²) in [5, 5.41) is 11.4. The Morgan fingerprint density at radius 1 is 1.22 bits per heavy atom. The summed E-state index contributed by atoms with van der Waals surface area (Å²) in [4.78, 5) is 51.9. The van der Waals surface area contributed by atoms with Gasteiger partial charge in [0.25, 0.3) is 5.69 Å². The minimum Gasteiger partial charge on any atom is -0.465 e. The third-order valence-corrected chi connectivity index (χ3v) is 5.55. The maximum atomic E-state index is 12.8. The molecule has 2 aromatic heterocycles. The van der Waals surface area contributed by atoms with E-state index < -0.39 is 22.2 Å². The van der Waals surface area contributed by atoms with Crippen LogP contribution in [0.4, 0.5) is 5.69 Å². The van der Waals surface area contributed by atoms with Crippen molar-refractivity contribution in [2.75, 3.05) is 6.61 Å². The number of nitro groups is 1. The van der Waals surface area contributed by atoms with Crippen LogP contribution in [0.15, 0.2) is 62.7 Å². The highest BCUT2D eigenvalue weighted by Gasteiger charge is 2.17. The van der Waals surface area contributed by atoms with E-state index in [1.165, 1.54) is 22.8 Å². The minimum absolute atomic E-state index is 0.106. The summed E-state index contributed by atoms with van der Waals surface area (Å²) in [6, 6.07) is 11.7. The molecule has 0 fully saturated rings. The number of hydrogen-bond donors (Lipinski definition) is 0. The van der Waals surface area contributed by atoms with E-state index in [9.17, 15) is 24.5 Å². The van der Waals surface area contributed by atoms with Gasteiger partial charge in [-0.3, -0.25) is 24.5 Å². The van der Waals surface area contributed by atoms with Gasteiger partial charge in [0.05, 0.1) is 27.1 Å². The number of rotatable bonds is 5. The SMILES string of the molecule is CCOC(=O)Cn1c(=NC(=O)c2cc(=O)c3ccccc3o2)sc2cc([N+](=O)[O-])ccc21. The summed E-state index contributed by atoms with van der Waals surface area (Å²) in [5.41, 5.74) is 0.183. The van der Waals surface area contributed by atoms with Crippen LogP contribution >= 0.6 is 11.3 Å². The van der Waals surface area contributed by atoms with Crippen molar-refractivity contribution < 1.29 is 23.7 Å². The van der Waals surface area contributed by atoms with Crippen molar-refractivity contribution in [1.29, 1.82) is 0 Å². The van der Waals surface area contributed by atoms with Gasteiger partial charge >= 0.3 is 11.9 Å². The second kappa shape index (κ2) is 8.55. The van der Waals surface area contributed by atoms with Crippen molar-refractivity contribution in [3.05, 3.63) is 79.4 Å². The third kappa shape index (κ3) is 4.05. The minimum atomic E-state index is -0.827. The predicted octanol–water partition coefficient (Wildman–Crippen LogP) is 3.02. The lowest BCUT2D eigenvalue weighted by atomic mass is 10.2. The molecular formula is C21H15N3O7S. The number of thiazole rings is 1. The second-order valence-electron chi connectivity index (χ2n) is 6.57. The lowest BCUT2D eigenvalue weighted by molar-refractivity contribution is -0.384. The van der Waals surface area contributed by atoms with Gasteiger partial charge in [0.15, 0.2) is 16.0 Å². The van der Waals surface area contributed by atoms with Crippen LogP contribution in [0, 0.1) is 10.1 Å². The van der Waals surface area contributed by atoms with Crippen LogP contribution in [0.1, 0.15) is 17.5 Å². The Labute approximate surface area is 183 Å². The average Bonchev–Trinajstić information content (AvgIpc) is 3.09. The van der Waals surface area contributed by atoms with Crippen LogP contribution < -0.4 is 10.2 Å². The van der Waals surface area contributed by atoms with Gasteiger partial charge in [0.2, 0.25) is 0 Å². The Balaban J connectivity index is 1.86. The van der Waals surface area contributed by atoms with Gasteiger partial charge in [-0.25, -0.2) is 0 Å². The molecule has 4 rings (SSSR count). The first-order chi connectivity index (χ1) is 15.4. The zero-order valence-electron chi connectivity index (χ0n) is 16.6. The quantitative estimate of drug-likeness (QED) is 0.257. The zero-order valence-corrected chi connectivity index (χ0v) is 17.5. The first kappa shape index (κ1) is 21.1. The maximum Gasteiger partial charge on any atom is 0.326 e. The van der Waals surface area contributed by atoms with Crippen molar-refractivity contribution in [2.24, 2.45) is 4.99 Å². The van der Waals surface area contributed by atoms with Gasteiger partial charge in [0, 0.05) is 18.2 Å². The molecule has 0 aliphatic carbocycles. The first-order valence-electron chi connectivity index (χ1n) is 9.42. The zero-order chi connectivity index (χ0) is 22.8. The van der Waals surface area contributed by atoms with E-state index in [4.69, 9.17) is 9.15 Å². The number of fused-ring (bicyclic) bond motifs is 2. The van der Waals surface area contributed by atoms with E-state index in [-0.39, 0.29) is 35.0 Å². The van der Waals surface area contributed by atoms with E-state index in [1.54, 1.807) is 31.2 Å². The number of ether oxygens (including phenoxy) is 1. The molecule has 2 aromatic carbocycles. The second-order valence-corrected chi connectivity index (χ2v) is 7.58. The molecule has 2 heterocycles. The van der Waals surface area contributed by atoms with Crippen molar-refractivity contribution in [3.63, 3.8) is 0 Å². The molecule has 32 heavy (non-hydrogen) atoms. The number of para-hydroxylation sites is 1. The van der Waals surface area contributed by atoms with Crippen LogP contribution in [0.3, 0.4) is 0 Å². The Kier molecular flexibility index (Phi) is 5.65. The van der Waals surface area contributed by atoms with Crippen molar-refractivity contribution in [2.45, 2.75) is 13.5 Å². The monoisotopic (exact) mass is 453 g/mol. The number of aromatic nitrogens is 1. The van der Waals surface area contributed by atoms with Gasteiger partial charge < -0.3 is 13.7 Å². The molecule has 0 radical (unpaired) electrons. The number of nitrogens with zero attached hydrogens (tertiary/aromatic N) is 3. The number of nitro benzene ring substituents is 1. The molecule has 0 atom stereocenters. The molecule has 0 saturated heterocycles. The summed E-state index contributed by atoms with van der Waals surface area (Å²) in [7, 11) is 0. The summed E-state index contributed by atoms with van der Waals surface area (Å²) < 4.78 is 12.4. The Bertz CT molecular complexity index is 1510. The van der Waals surface area contributed by atoms with E-state index >= 15 is 0 Å². The predicted molar refractivity (Wildman–Crippen MR) is 115 cm³/mol. The van der Waals surface area contributed by atoms with E-state index in [0.29, 0.717) is 15.6 Å². The van der Waals surface area contributed by atoms with Gasteiger partial charge in [-0.2, -0.15) is 4.99 Å². The molecule has 0 saturated carbocycles. The van der Waals surface area contributed by atoms with Crippen molar-refractivity contribution >= 4 is 50.1 Å². The normalized spacial score (nSPS) is 11.7. The van der Waals surface area contributed by atoms with Crippen molar-refractivity contribution in [1.82, 2.24) is 4.57 Å². The average molecular weight is 453 g/mol. The molecule has 4 aromatic rings. The smallest absolute Gasteiger partial charge is 0.326 e. The highest BCUT2D eigenvalue weighted by atomic mass is 32.1. The molecule has 0 aliphatic heterocycles. The van der Waals surface area contributed by atoms with Gasteiger partial charge in [0.1, 0.15) is 12.1 Å². The molecular weight excluding hydrogens is 438 g/mol. The van der Waals surface area contributed by atoms with Gasteiger partial charge in [-0.1, -0.05) is 23.5 Å². The molecule has 1 amide bonds. The van der Waals surface area contributed by atoms with Crippen LogP contribution in [0.2, 0.25) is 0 Å². The van der Waals surface area contributed by atoms with E-state index in [1.807, 2.05) is 0 Å². The first-order valence-corrected chi connectivity index (χ1v) is 10.2.